The summed E-state index contributed by atoms with van der Waals surface area (Å²) in [6.45, 7) is 0. The van der Waals surface area contributed by atoms with Gasteiger partial charge in [-0.1, -0.05) is 127 Å². The predicted octanol–water partition coefficient (Wildman–Crippen LogP) is 11.7. The molecule has 4 heteroatoms. The molecule has 0 spiro atoms. The van der Waals surface area contributed by atoms with Crippen molar-refractivity contribution in [2.24, 2.45) is 4.99 Å². The molecule has 10 rings (SSSR count). The first-order valence-corrected chi connectivity index (χ1v) is 16.5. The second-order valence-electron chi connectivity index (χ2n) is 12.0. The average molecular weight is 606 g/mol. The Morgan fingerprint density at radius 3 is 2.00 bits per heavy atom. The van der Waals surface area contributed by atoms with Crippen LogP contribution >= 0.6 is 11.3 Å². The average Bonchev–Trinajstić information content (AvgIpc) is 3.65. The van der Waals surface area contributed by atoms with Crippen molar-refractivity contribution >= 4 is 81.2 Å². The van der Waals surface area contributed by atoms with E-state index in [1.165, 1.54) is 64.6 Å². The molecule has 0 bridgehead atoms. The SMILES string of the molecule is c1ccc(-c2ccc(C3=Nc4c(sc5ccccc45)NC3n3c4cc5ccccc5cc4c4c5ccccc5ccc43)cc2)cc1. The molecule has 0 aliphatic carbocycles. The van der Waals surface area contributed by atoms with E-state index < -0.39 is 0 Å². The fourth-order valence-corrected chi connectivity index (χ4v) is 8.33. The summed E-state index contributed by atoms with van der Waals surface area (Å²) in [5, 5.41) is 13.8. The van der Waals surface area contributed by atoms with Crippen molar-refractivity contribution in [3.63, 3.8) is 0 Å². The Kier molecular flexibility index (Phi) is 5.51. The summed E-state index contributed by atoms with van der Waals surface area (Å²) in [5.74, 6) is 0. The lowest BCUT2D eigenvalue weighted by Crippen LogP contribution is -2.29. The summed E-state index contributed by atoms with van der Waals surface area (Å²) >= 11 is 1.78. The summed E-state index contributed by atoms with van der Waals surface area (Å²) in [4.78, 5) is 5.53. The molecular weight excluding hydrogens is 579 g/mol. The van der Waals surface area contributed by atoms with E-state index in [1.54, 1.807) is 11.3 Å². The highest BCUT2D eigenvalue weighted by Crippen LogP contribution is 2.48. The van der Waals surface area contributed by atoms with Crippen LogP contribution in [-0.4, -0.2) is 10.3 Å². The first kappa shape index (κ1) is 25.6. The molecule has 7 aromatic carbocycles. The number of nitrogens with one attached hydrogen (secondary N) is 1. The first-order valence-electron chi connectivity index (χ1n) is 15.7. The quantitative estimate of drug-likeness (QED) is 0.213. The van der Waals surface area contributed by atoms with Crippen molar-refractivity contribution in [2.45, 2.75) is 6.17 Å². The molecule has 0 saturated carbocycles. The molecule has 3 heterocycles. The third-order valence-electron chi connectivity index (χ3n) is 9.43. The molecule has 0 fully saturated rings. The zero-order valence-corrected chi connectivity index (χ0v) is 25.6. The monoisotopic (exact) mass is 605 g/mol. The maximum absolute atomic E-state index is 5.53. The van der Waals surface area contributed by atoms with Gasteiger partial charge in [-0.25, -0.2) is 4.99 Å². The highest BCUT2D eigenvalue weighted by molar-refractivity contribution is 7.23. The number of aliphatic imine (C=N–C) groups is 1. The van der Waals surface area contributed by atoms with Gasteiger partial charge in [-0.3, -0.25) is 0 Å². The van der Waals surface area contributed by atoms with Crippen LogP contribution in [0.1, 0.15) is 11.7 Å². The third kappa shape index (κ3) is 3.81. The molecule has 1 unspecified atom stereocenters. The van der Waals surface area contributed by atoms with Gasteiger partial charge in [-0.2, -0.15) is 0 Å². The fourth-order valence-electron chi connectivity index (χ4n) is 7.27. The summed E-state index contributed by atoms with van der Waals surface area (Å²) in [6.07, 6.45) is -0.217. The number of rotatable bonds is 3. The van der Waals surface area contributed by atoms with Gasteiger partial charge in [0.2, 0.25) is 0 Å². The minimum atomic E-state index is -0.217. The van der Waals surface area contributed by atoms with Gasteiger partial charge in [0.15, 0.2) is 0 Å². The Labute approximate surface area is 269 Å². The van der Waals surface area contributed by atoms with E-state index in [9.17, 15) is 0 Å². The number of fused-ring (bicyclic) bond motifs is 9. The predicted molar refractivity (Wildman–Crippen MR) is 197 cm³/mol. The fraction of sp³-hybridized carbons (Fsp3) is 0.0238. The maximum atomic E-state index is 5.53. The first-order chi connectivity index (χ1) is 22.8. The van der Waals surface area contributed by atoms with Crippen molar-refractivity contribution in [1.82, 2.24) is 4.57 Å². The minimum Gasteiger partial charge on any atom is -0.350 e. The molecular formula is C42H27N3S. The number of aromatic nitrogens is 1. The molecule has 216 valence electrons. The molecule has 9 aromatic rings. The second kappa shape index (κ2) is 9.90. The third-order valence-corrected chi connectivity index (χ3v) is 10.5. The summed E-state index contributed by atoms with van der Waals surface area (Å²) < 4.78 is 3.73. The van der Waals surface area contributed by atoms with Crippen molar-refractivity contribution in [1.29, 1.82) is 0 Å². The van der Waals surface area contributed by atoms with Gasteiger partial charge in [0.1, 0.15) is 16.9 Å². The maximum Gasteiger partial charge on any atom is 0.149 e. The van der Waals surface area contributed by atoms with Crippen LogP contribution < -0.4 is 5.32 Å². The van der Waals surface area contributed by atoms with Gasteiger partial charge >= 0.3 is 0 Å². The normalized spacial score (nSPS) is 14.6. The summed E-state index contributed by atoms with van der Waals surface area (Å²) in [7, 11) is 0. The zero-order chi connectivity index (χ0) is 30.2. The van der Waals surface area contributed by atoms with E-state index in [0.29, 0.717) is 0 Å². The van der Waals surface area contributed by atoms with Gasteiger partial charge < -0.3 is 9.88 Å². The van der Waals surface area contributed by atoms with Crippen molar-refractivity contribution in [2.75, 3.05) is 5.32 Å². The molecule has 46 heavy (non-hydrogen) atoms. The smallest absolute Gasteiger partial charge is 0.149 e. The van der Waals surface area contributed by atoms with Gasteiger partial charge in [-0.15, -0.1) is 11.3 Å². The van der Waals surface area contributed by atoms with Gasteiger partial charge in [-0.05, 0) is 56.9 Å². The lowest BCUT2D eigenvalue weighted by atomic mass is 10.00. The highest BCUT2D eigenvalue weighted by Gasteiger charge is 2.31. The number of anilines is 1. The minimum absolute atomic E-state index is 0.217. The summed E-state index contributed by atoms with van der Waals surface area (Å²) in [6, 6.07) is 54.8. The molecule has 2 aromatic heterocycles. The molecule has 1 aliphatic heterocycles. The molecule has 3 nitrogen and oxygen atoms in total. The number of benzene rings is 7. The lowest BCUT2D eigenvalue weighted by Gasteiger charge is -2.29. The van der Waals surface area contributed by atoms with E-state index in [-0.39, 0.29) is 6.17 Å². The van der Waals surface area contributed by atoms with Crippen LogP contribution in [0, 0.1) is 0 Å². The Morgan fingerprint density at radius 2 is 1.17 bits per heavy atom. The van der Waals surface area contributed by atoms with Gasteiger partial charge in [0.05, 0.1) is 16.7 Å². The van der Waals surface area contributed by atoms with Crippen LogP contribution in [0.25, 0.3) is 64.6 Å². The van der Waals surface area contributed by atoms with Gasteiger partial charge in [0, 0.05) is 26.4 Å². The molecule has 0 radical (unpaired) electrons. The molecule has 1 aliphatic rings. The molecule has 1 atom stereocenters. The zero-order valence-electron chi connectivity index (χ0n) is 24.8. The van der Waals surface area contributed by atoms with Crippen LogP contribution in [0.4, 0.5) is 10.7 Å². The van der Waals surface area contributed by atoms with Crippen LogP contribution in [-0.2, 0) is 0 Å². The van der Waals surface area contributed by atoms with Crippen LogP contribution in [0.15, 0.2) is 157 Å². The Hall–Kier alpha value is -5.71. The van der Waals surface area contributed by atoms with E-state index in [1.807, 2.05) is 0 Å². The van der Waals surface area contributed by atoms with Gasteiger partial charge in [0.25, 0.3) is 0 Å². The highest BCUT2D eigenvalue weighted by atomic mass is 32.1. The number of hydrogen-bond donors (Lipinski definition) is 1. The Balaban J connectivity index is 1.27. The Bertz CT molecular complexity index is 2660. The standard InChI is InChI=1S/C42H27N3S/c1-2-10-26(11-3-1)27-18-20-29(21-19-27)39-41(44-42-40(43-39)33-16-8-9-17-37(33)46-42)45-35-23-22-28-12-6-7-15-32(28)38(35)34-24-30-13-4-5-14-31(30)25-36(34)45/h1-25,41,44H. The number of hydrogen-bond acceptors (Lipinski definition) is 3. The van der Waals surface area contributed by atoms with E-state index >= 15 is 0 Å². The van der Waals surface area contributed by atoms with Crippen LogP contribution in [0.2, 0.25) is 0 Å². The van der Waals surface area contributed by atoms with E-state index in [4.69, 9.17) is 4.99 Å². The van der Waals surface area contributed by atoms with Crippen molar-refractivity contribution in [3.8, 4) is 11.1 Å². The largest absolute Gasteiger partial charge is 0.350 e. The molecule has 0 saturated heterocycles. The van der Waals surface area contributed by atoms with Crippen LogP contribution in [0.5, 0.6) is 0 Å². The van der Waals surface area contributed by atoms with Crippen molar-refractivity contribution in [3.05, 3.63) is 157 Å². The lowest BCUT2D eigenvalue weighted by molar-refractivity contribution is 0.762. The number of thiophene rings is 1. The topological polar surface area (TPSA) is 29.3 Å². The van der Waals surface area contributed by atoms with E-state index in [0.717, 1.165) is 22.0 Å². The Morgan fingerprint density at radius 1 is 0.522 bits per heavy atom. The number of nitrogens with zero attached hydrogens (tertiary/aromatic N) is 2. The molecule has 0 amide bonds. The molecule has 1 N–H and O–H groups in total. The summed E-state index contributed by atoms with van der Waals surface area (Å²) in [5.41, 5.74) is 7.94. The van der Waals surface area contributed by atoms with Crippen molar-refractivity contribution < 1.29 is 0 Å². The second-order valence-corrected chi connectivity index (χ2v) is 13.1. The van der Waals surface area contributed by atoms with Crippen LogP contribution in [0.3, 0.4) is 0 Å². The van der Waals surface area contributed by atoms with E-state index in [2.05, 4.69) is 162 Å².